The Bertz CT molecular complexity index is 578. The van der Waals surface area contributed by atoms with Gasteiger partial charge in [-0.25, -0.2) is 8.78 Å². The molecule has 1 aliphatic carbocycles. The fourth-order valence-corrected chi connectivity index (χ4v) is 3.39. The van der Waals surface area contributed by atoms with E-state index in [2.05, 4.69) is 10.2 Å². The SMILES string of the molecule is COCCN1C[C@H](NC(=O)c2ccc(F)cc2F)[C@@H](C2CC2)C1. The summed E-state index contributed by atoms with van der Waals surface area (Å²) in [7, 11) is 1.67. The van der Waals surface area contributed by atoms with Crippen LogP contribution in [0.15, 0.2) is 18.2 Å². The van der Waals surface area contributed by atoms with Gasteiger partial charge in [-0.05, 0) is 36.8 Å². The number of carbonyl (C=O) groups excluding carboxylic acids is 1. The predicted octanol–water partition coefficient (Wildman–Crippen LogP) is 2.05. The first-order valence-corrected chi connectivity index (χ1v) is 8.05. The molecule has 0 bridgehead atoms. The van der Waals surface area contributed by atoms with Gasteiger partial charge >= 0.3 is 0 Å². The molecule has 1 aromatic rings. The van der Waals surface area contributed by atoms with E-state index in [0.717, 1.165) is 31.8 Å². The maximum atomic E-state index is 13.8. The molecule has 0 unspecified atom stereocenters. The van der Waals surface area contributed by atoms with Gasteiger partial charge in [0.25, 0.3) is 5.91 Å². The topological polar surface area (TPSA) is 41.6 Å². The van der Waals surface area contributed by atoms with Crippen molar-refractivity contribution in [3.8, 4) is 0 Å². The first-order chi connectivity index (χ1) is 11.1. The summed E-state index contributed by atoms with van der Waals surface area (Å²) in [5.41, 5.74) is -0.101. The van der Waals surface area contributed by atoms with Crippen molar-refractivity contribution >= 4 is 5.91 Å². The average molecular weight is 324 g/mol. The zero-order chi connectivity index (χ0) is 16.4. The van der Waals surface area contributed by atoms with Crippen molar-refractivity contribution < 1.29 is 18.3 Å². The van der Waals surface area contributed by atoms with Crippen molar-refractivity contribution in [3.63, 3.8) is 0 Å². The number of nitrogens with one attached hydrogen (secondary N) is 1. The second-order valence-corrected chi connectivity index (χ2v) is 6.46. The quantitative estimate of drug-likeness (QED) is 0.871. The van der Waals surface area contributed by atoms with Crippen LogP contribution < -0.4 is 5.32 Å². The summed E-state index contributed by atoms with van der Waals surface area (Å²) in [5, 5.41) is 2.95. The molecule has 0 radical (unpaired) electrons. The molecule has 2 fully saturated rings. The molecule has 1 saturated heterocycles. The first kappa shape index (κ1) is 16.3. The normalized spacial score (nSPS) is 24.8. The summed E-state index contributed by atoms with van der Waals surface area (Å²) in [4.78, 5) is 14.6. The third-order valence-electron chi connectivity index (χ3n) is 4.77. The second-order valence-electron chi connectivity index (χ2n) is 6.46. The number of hydrogen-bond acceptors (Lipinski definition) is 3. The molecule has 4 nitrogen and oxygen atoms in total. The van der Waals surface area contributed by atoms with Crippen LogP contribution in [0.3, 0.4) is 0 Å². The molecule has 1 aromatic carbocycles. The van der Waals surface area contributed by atoms with Gasteiger partial charge in [-0.15, -0.1) is 0 Å². The van der Waals surface area contributed by atoms with E-state index in [1.807, 2.05) is 0 Å². The van der Waals surface area contributed by atoms with Gasteiger partial charge in [0, 0.05) is 38.9 Å². The maximum Gasteiger partial charge on any atom is 0.254 e. The van der Waals surface area contributed by atoms with Crippen LogP contribution >= 0.6 is 0 Å². The predicted molar refractivity (Wildman–Crippen MR) is 82.1 cm³/mol. The van der Waals surface area contributed by atoms with Gasteiger partial charge in [-0.3, -0.25) is 9.69 Å². The molecule has 0 spiro atoms. The van der Waals surface area contributed by atoms with Crippen molar-refractivity contribution in [2.45, 2.75) is 18.9 Å². The minimum absolute atomic E-state index is 0.0105. The van der Waals surface area contributed by atoms with Crippen molar-refractivity contribution in [1.29, 1.82) is 0 Å². The van der Waals surface area contributed by atoms with Crippen LogP contribution in [0.25, 0.3) is 0 Å². The summed E-state index contributed by atoms with van der Waals surface area (Å²) >= 11 is 0. The van der Waals surface area contributed by atoms with E-state index in [4.69, 9.17) is 4.74 Å². The molecule has 6 heteroatoms. The highest BCUT2D eigenvalue weighted by Crippen LogP contribution is 2.41. The third kappa shape index (κ3) is 3.87. The minimum atomic E-state index is -0.820. The van der Waals surface area contributed by atoms with E-state index in [1.165, 1.54) is 18.9 Å². The summed E-state index contributed by atoms with van der Waals surface area (Å²) in [6, 6.07) is 3.06. The smallest absolute Gasteiger partial charge is 0.254 e. The molecule has 1 saturated carbocycles. The fourth-order valence-electron chi connectivity index (χ4n) is 3.39. The molecule has 0 aromatic heterocycles. The van der Waals surface area contributed by atoms with E-state index < -0.39 is 17.5 Å². The number of likely N-dealkylation sites (tertiary alicyclic amines) is 1. The second kappa shape index (κ2) is 6.93. The summed E-state index contributed by atoms with van der Waals surface area (Å²) < 4.78 is 31.8. The lowest BCUT2D eigenvalue weighted by Gasteiger charge is -2.19. The van der Waals surface area contributed by atoms with Gasteiger partial charge in [0.15, 0.2) is 0 Å². The lowest BCUT2D eigenvalue weighted by atomic mass is 9.98. The van der Waals surface area contributed by atoms with Crippen LogP contribution in [0, 0.1) is 23.5 Å². The van der Waals surface area contributed by atoms with Gasteiger partial charge in [0.1, 0.15) is 11.6 Å². The highest BCUT2D eigenvalue weighted by atomic mass is 19.1. The highest BCUT2D eigenvalue weighted by molar-refractivity contribution is 5.94. The zero-order valence-corrected chi connectivity index (χ0v) is 13.2. The van der Waals surface area contributed by atoms with Crippen LogP contribution in [0.4, 0.5) is 8.78 Å². The Morgan fingerprint density at radius 3 is 2.78 bits per heavy atom. The molecule has 2 atom stereocenters. The minimum Gasteiger partial charge on any atom is -0.383 e. The van der Waals surface area contributed by atoms with Crippen molar-refractivity contribution in [2.75, 3.05) is 33.4 Å². The Morgan fingerprint density at radius 1 is 1.35 bits per heavy atom. The van der Waals surface area contributed by atoms with E-state index in [1.54, 1.807) is 7.11 Å². The molecule has 126 valence electrons. The number of carbonyl (C=O) groups is 1. The monoisotopic (exact) mass is 324 g/mol. The van der Waals surface area contributed by atoms with E-state index >= 15 is 0 Å². The molecule has 23 heavy (non-hydrogen) atoms. The number of methoxy groups -OCH3 is 1. The lowest BCUT2D eigenvalue weighted by Crippen LogP contribution is -2.41. The largest absolute Gasteiger partial charge is 0.383 e. The molecule has 1 N–H and O–H groups in total. The molecule has 1 aliphatic heterocycles. The number of nitrogens with zero attached hydrogens (tertiary/aromatic N) is 1. The molecule has 1 heterocycles. The summed E-state index contributed by atoms with van der Waals surface area (Å²) in [6.45, 7) is 3.17. The number of rotatable bonds is 6. The van der Waals surface area contributed by atoms with Crippen LogP contribution in [0.5, 0.6) is 0 Å². The van der Waals surface area contributed by atoms with Gasteiger partial charge in [-0.1, -0.05) is 0 Å². The van der Waals surface area contributed by atoms with Crippen LogP contribution in [0.2, 0.25) is 0 Å². The Hall–Kier alpha value is -1.53. The third-order valence-corrected chi connectivity index (χ3v) is 4.77. The standard InChI is InChI=1S/C17H22F2N2O2/c1-23-7-6-21-9-14(11-2-3-11)16(10-21)20-17(22)13-5-4-12(18)8-15(13)19/h4-5,8,11,14,16H,2-3,6-7,9-10H2,1H3,(H,20,22)/t14-,16+/m1/s1. The summed E-state index contributed by atoms with van der Waals surface area (Å²) in [5.74, 6) is -0.918. The van der Waals surface area contributed by atoms with E-state index in [0.29, 0.717) is 18.4 Å². The number of hydrogen-bond donors (Lipinski definition) is 1. The van der Waals surface area contributed by atoms with Crippen molar-refractivity contribution in [2.24, 2.45) is 11.8 Å². The molecule has 3 rings (SSSR count). The Balaban J connectivity index is 1.66. The number of amides is 1. The van der Waals surface area contributed by atoms with Crippen molar-refractivity contribution in [1.82, 2.24) is 10.2 Å². The zero-order valence-electron chi connectivity index (χ0n) is 13.2. The summed E-state index contributed by atoms with van der Waals surface area (Å²) in [6.07, 6.45) is 2.39. The van der Waals surface area contributed by atoms with Crippen LogP contribution in [-0.4, -0.2) is 50.2 Å². The number of halogens is 2. The number of ether oxygens (including phenoxy) is 1. The molecular formula is C17H22F2N2O2. The van der Waals surface area contributed by atoms with Crippen LogP contribution in [-0.2, 0) is 4.74 Å². The van der Waals surface area contributed by atoms with Gasteiger partial charge in [0.2, 0.25) is 0 Å². The molecule has 1 amide bonds. The molecular weight excluding hydrogens is 302 g/mol. The highest BCUT2D eigenvalue weighted by Gasteiger charge is 2.42. The Kier molecular flexibility index (Phi) is 4.92. The number of benzene rings is 1. The Labute approximate surface area is 134 Å². The van der Waals surface area contributed by atoms with Gasteiger partial charge < -0.3 is 10.1 Å². The fraction of sp³-hybridized carbons (Fsp3) is 0.588. The average Bonchev–Trinajstić information content (AvgIpc) is 3.27. The lowest BCUT2D eigenvalue weighted by molar-refractivity contribution is 0.0923. The van der Waals surface area contributed by atoms with E-state index in [9.17, 15) is 13.6 Å². The van der Waals surface area contributed by atoms with E-state index in [-0.39, 0.29) is 11.6 Å². The first-order valence-electron chi connectivity index (χ1n) is 8.05. The Morgan fingerprint density at radius 2 is 2.13 bits per heavy atom. The van der Waals surface area contributed by atoms with Gasteiger partial charge in [0.05, 0.1) is 12.2 Å². The maximum absolute atomic E-state index is 13.8. The van der Waals surface area contributed by atoms with Gasteiger partial charge in [-0.2, -0.15) is 0 Å². The molecule has 2 aliphatic rings. The van der Waals surface area contributed by atoms with Crippen molar-refractivity contribution in [3.05, 3.63) is 35.4 Å². The van der Waals surface area contributed by atoms with Crippen LogP contribution in [0.1, 0.15) is 23.2 Å².